The lowest BCUT2D eigenvalue weighted by molar-refractivity contribution is -0.123. The van der Waals surface area contributed by atoms with Gasteiger partial charge in [0.15, 0.2) is 0 Å². The van der Waals surface area contributed by atoms with E-state index in [1.54, 1.807) is 11.3 Å². The molecule has 4 nitrogen and oxygen atoms in total. The van der Waals surface area contributed by atoms with Crippen molar-refractivity contribution in [2.24, 2.45) is 0 Å². The van der Waals surface area contributed by atoms with Crippen LogP contribution in [0.3, 0.4) is 0 Å². The third kappa shape index (κ3) is 3.31. The molecule has 1 aliphatic rings. The highest BCUT2D eigenvalue weighted by Crippen LogP contribution is 2.17. The van der Waals surface area contributed by atoms with Crippen LogP contribution in [0, 0.1) is 0 Å². The van der Waals surface area contributed by atoms with E-state index >= 15 is 0 Å². The van der Waals surface area contributed by atoms with E-state index in [4.69, 9.17) is 0 Å². The van der Waals surface area contributed by atoms with Crippen molar-refractivity contribution in [3.8, 4) is 0 Å². The summed E-state index contributed by atoms with van der Waals surface area (Å²) in [5.41, 5.74) is 2.55. The molecule has 2 heterocycles. The molecule has 1 aromatic heterocycles. The van der Waals surface area contributed by atoms with Crippen molar-refractivity contribution in [3.05, 3.63) is 51.5 Å². The second-order valence-electron chi connectivity index (χ2n) is 5.20. The minimum Gasteiger partial charge on any atom is -0.348 e. The van der Waals surface area contributed by atoms with Gasteiger partial charge in [0, 0.05) is 17.6 Å². The highest BCUT2D eigenvalue weighted by atomic mass is 32.1. The summed E-state index contributed by atoms with van der Waals surface area (Å²) in [6, 6.07) is 8.13. The molecule has 1 atom stereocenters. The first kappa shape index (κ1) is 14.2. The van der Waals surface area contributed by atoms with Crippen molar-refractivity contribution in [3.63, 3.8) is 0 Å². The molecule has 21 heavy (non-hydrogen) atoms. The molecule has 0 bridgehead atoms. The fraction of sp³-hybridized carbons (Fsp3) is 0.375. The van der Waals surface area contributed by atoms with Gasteiger partial charge in [-0.25, -0.2) is 4.98 Å². The summed E-state index contributed by atoms with van der Waals surface area (Å²) in [4.78, 5) is 17.8. The van der Waals surface area contributed by atoms with Crippen molar-refractivity contribution in [1.82, 2.24) is 15.6 Å². The summed E-state index contributed by atoms with van der Waals surface area (Å²) in [6.07, 6.45) is 3.63. The van der Waals surface area contributed by atoms with Crippen LogP contribution in [-0.4, -0.2) is 16.9 Å². The Hall–Kier alpha value is -1.72. The molecule has 3 rings (SSSR count). The molecule has 1 amide bonds. The minimum absolute atomic E-state index is 0.0535. The SMILES string of the molecule is CCc1cnc(CNC(=O)[C@@H]2Cc3ccccc3CN2)s1. The first-order valence-electron chi connectivity index (χ1n) is 7.27. The van der Waals surface area contributed by atoms with Crippen molar-refractivity contribution in [2.75, 3.05) is 0 Å². The second kappa shape index (κ2) is 6.37. The molecule has 0 unspecified atom stereocenters. The standard InChI is InChI=1S/C16H19N3OS/c1-2-13-9-18-15(21-13)10-19-16(20)14-7-11-5-3-4-6-12(11)8-17-14/h3-6,9,14,17H,2,7-8,10H2,1H3,(H,19,20)/t14-/m0/s1. The maximum Gasteiger partial charge on any atom is 0.237 e. The summed E-state index contributed by atoms with van der Waals surface area (Å²) in [5.74, 6) is 0.0535. The maximum absolute atomic E-state index is 12.3. The summed E-state index contributed by atoms with van der Waals surface area (Å²) >= 11 is 1.66. The first-order valence-corrected chi connectivity index (χ1v) is 8.09. The van der Waals surface area contributed by atoms with E-state index in [9.17, 15) is 4.79 Å². The number of aryl methyl sites for hydroxylation is 1. The van der Waals surface area contributed by atoms with E-state index in [0.29, 0.717) is 6.54 Å². The van der Waals surface area contributed by atoms with Crippen LogP contribution < -0.4 is 10.6 Å². The Morgan fingerprint density at radius 1 is 1.43 bits per heavy atom. The van der Waals surface area contributed by atoms with E-state index in [1.807, 2.05) is 18.3 Å². The van der Waals surface area contributed by atoms with Gasteiger partial charge in [-0.05, 0) is 24.0 Å². The van der Waals surface area contributed by atoms with Gasteiger partial charge >= 0.3 is 0 Å². The van der Waals surface area contributed by atoms with Crippen LogP contribution in [0.1, 0.15) is 27.9 Å². The van der Waals surface area contributed by atoms with Gasteiger partial charge in [-0.3, -0.25) is 4.79 Å². The van der Waals surface area contributed by atoms with E-state index in [2.05, 4.69) is 34.7 Å². The third-order valence-electron chi connectivity index (χ3n) is 3.76. The number of rotatable bonds is 4. The number of thiazole rings is 1. The molecule has 0 saturated carbocycles. The van der Waals surface area contributed by atoms with Gasteiger partial charge in [0.25, 0.3) is 0 Å². The Bertz CT molecular complexity index is 638. The van der Waals surface area contributed by atoms with Crippen LogP contribution in [0.5, 0.6) is 0 Å². The number of hydrogen-bond acceptors (Lipinski definition) is 4. The minimum atomic E-state index is -0.148. The number of nitrogens with one attached hydrogen (secondary N) is 2. The van der Waals surface area contributed by atoms with E-state index < -0.39 is 0 Å². The van der Waals surface area contributed by atoms with Crippen LogP contribution in [0.2, 0.25) is 0 Å². The van der Waals surface area contributed by atoms with E-state index in [0.717, 1.165) is 24.4 Å². The van der Waals surface area contributed by atoms with E-state index in [1.165, 1.54) is 16.0 Å². The fourth-order valence-electron chi connectivity index (χ4n) is 2.52. The van der Waals surface area contributed by atoms with Crippen LogP contribution in [0.15, 0.2) is 30.5 Å². The number of amides is 1. The lowest BCUT2D eigenvalue weighted by Gasteiger charge is -2.25. The topological polar surface area (TPSA) is 54.0 Å². The molecule has 0 fully saturated rings. The number of hydrogen-bond donors (Lipinski definition) is 2. The van der Waals surface area contributed by atoms with Gasteiger partial charge in [-0.2, -0.15) is 0 Å². The van der Waals surface area contributed by atoms with Crippen molar-refractivity contribution >= 4 is 17.2 Å². The van der Waals surface area contributed by atoms with Gasteiger partial charge in [0.05, 0.1) is 12.6 Å². The average molecular weight is 301 g/mol. The zero-order chi connectivity index (χ0) is 14.7. The zero-order valence-corrected chi connectivity index (χ0v) is 12.9. The molecule has 2 N–H and O–H groups in total. The Balaban J connectivity index is 1.57. The number of carbonyl (C=O) groups excluding carboxylic acids is 1. The predicted molar refractivity (Wildman–Crippen MR) is 84.1 cm³/mol. The predicted octanol–water partition coefficient (Wildman–Crippen LogP) is 2.04. The number of carbonyl (C=O) groups is 1. The second-order valence-corrected chi connectivity index (χ2v) is 6.40. The van der Waals surface area contributed by atoms with Gasteiger partial charge < -0.3 is 10.6 Å². The van der Waals surface area contributed by atoms with Gasteiger partial charge in [-0.1, -0.05) is 31.2 Å². The Morgan fingerprint density at radius 2 is 2.24 bits per heavy atom. The molecular formula is C16H19N3OS. The number of fused-ring (bicyclic) bond motifs is 1. The lowest BCUT2D eigenvalue weighted by atomic mass is 9.95. The summed E-state index contributed by atoms with van der Waals surface area (Å²) < 4.78 is 0. The average Bonchev–Trinajstić information content (AvgIpc) is 3.00. The number of nitrogens with zero attached hydrogens (tertiary/aromatic N) is 1. The first-order chi connectivity index (χ1) is 10.3. The van der Waals surface area contributed by atoms with Crippen LogP contribution in [0.4, 0.5) is 0 Å². The molecule has 0 radical (unpaired) electrons. The summed E-state index contributed by atoms with van der Waals surface area (Å²) in [6.45, 7) is 3.38. The Kier molecular flexibility index (Phi) is 4.31. The zero-order valence-electron chi connectivity index (χ0n) is 12.1. The van der Waals surface area contributed by atoms with Crippen LogP contribution in [0.25, 0.3) is 0 Å². The lowest BCUT2D eigenvalue weighted by Crippen LogP contribution is -2.47. The number of aromatic nitrogens is 1. The maximum atomic E-state index is 12.3. The Labute approximate surface area is 128 Å². The monoisotopic (exact) mass is 301 g/mol. The van der Waals surface area contributed by atoms with Crippen molar-refractivity contribution in [2.45, 2.75) is 38.9 Å². The van der Waals surface area contributed by atoms with Gasteiger partial charge in [0.2, 0.25) is 5.91 Å². The van der Waals surface area contributed by atoms with Gasteiger partial charge in [-0.15, -0.1) is 11.3 Å². The molecule has 0 spiro atoms. The molecule has 110 valence electrons. The molecule has 1 aromatic carbocycles. The smallest absolute Gasteiger partial charge is 0.237 e. The quantitative estimate of drug-likeness (QED) is 0.908. The molecule has 2 aromatic rings. The highest BCUT2D eigenvalue weighted by molar-refractivity contribution is 7.11. The van der Waals surface area contributed by atoms with E-state index in [-0.39, 0.29) is 11.9 Å². The third-order valence-corrected chi connectivity index (χ3v) is 4.90. The van der Waals surface area contributed by atoms with Crippen molar-refractivity contribution in [1.29, 1.82) is 0 Å². The largest absolute Gasteiger partial charge is 0.348 e. The Morgan fingerprint density at radius 3 is 3.00 bits per heavy atom. The summed E-state index contributed by atoms with van der Waals surface area (Å²) in [7, 11) is 0. The normalized spacial score (nSPS) is 17.3. The summed E-state index contributed by atoms with van der Waals surface area (Å²) in [5, 5.41) is 7.25. The van der Waals surface area contributed by atoms with Crippen LogP contribution in [-0.2, 0) is 30.7 Å². The molecular weight excluding hydrogens is 282 g/mol. The van der Waals surface area contributed by atoms with Gasteiger partial charge in [0.1, 0.15) is 5.01 Å². The molecule has 1 aliphatic heterocycles. The van der Waals surface area contributed by atoms with Crippen LogP contribution >= 0.6 is 11.3 Å². The highest BCUT2D eigenvalue weighted by Gasteiger charge is 2.23. The molecule has 0 aliphatic carbocycles. The fourth-order valence-corrected chi connectivity index (χ4v) is 3.32. The number of benzene rings is 1. The molecule has 5 heteroatoms. The van der Waals surface area contributed by atoms with Crippen molar-refractivity contribution < 1.29 is 4.79 Å². The molecule has 0 saturated heterocycles.